The van der Waals surface area contributed by atoms with Gasteiger partial charge < -0.3 is 10.2 Å². The molecule has 2 aliphatic heterocycles. The molecule has 34 heavy (non-hydrogen) atoms. The van der Waals surface area contributed by atoms with Gasteiger partial charge in [0.2, 0.25) is 5.91 Å². The van der Waals surface area contributed by atoms with E-state index in [-0.39, 0.29) is 11.3 Å². The van der Waals surface area contributed by atoms with Crippen LogP contribution in [0, 0.1) is 11.8 Å². The van der Waals surface area contributed by atoms with Gasteiger partial charge >= 0.3 is 5.13 Å². The zero-order valence-electron chi connectivity index (χ0n) is 21.2. The minimum absolute atomic E-state index is 0.0157. The summed E-state index contributed by atoms with van der Waals surface area (Å²) in [4.78, 5) is 22.0. The number of H-pyrrole nitrogens is 1. The zero-order chi connectivity index (χ0) is 23.7. The lowest BCUT2D eigenvalue weighted by Crippen LogP contribution is -2.82. The van der Waals surface area contributed by atoms with E-state index in [2.05, 4.69) is 71.7 Å². The average molecular weight is 484 g/mol. The van der Waals surface area contributed by atoms with E-state index in [4.69, 9.17) is 0 Å². The maximum atomic E-state index is 14.4. The van der Waals surface area contributed by atoms with Crippen LogP contribution < -0.4 is 15.6 Å². The molecule has 5 nitrogen and oxygen atoms in total. The van der Waals surface area contributed by atoms with Gasteiger partial charge in [0, 0.05) is 19.0 Å². The maximum Gasteiger partial charge on any atom is 0.425 e. The van der Waals surface area contributed by atoms with Crippen molar-refractivity contribution in [1.82, 2.24) is 4.90 Å². The van der Waals surface area contributed by atoms with Crippen molar-refractivity contribution in [2.75, 3.05) is 26.7 Å². The van der Waals surface area contributed by atoms with E-state index in [1.807, 2.05) is 11.3 Å². The molecule has 4 atom stereocenters. The number of nitrogens with two attached hydrogens (primary N) is 2. The van der Waals surface area contributed by atoms with Gasteiger partial charge in [-0.3, -0.25) is 10.1 Å². The summed E-state index contributed by atoms with van der Waals surface area (Å²) in [6.07, 6.45) is 7.96. The van der Waals surface area contributed by atoms with Gasteiger partial charge in [0.25, 0.3) is 0 Å². The second-order valence-corrected chi connectivity index (χ2v) is 11.8. The summed E-state index contributed by atoms with van der Waals surface area (Å²) < 4.78 is 0. The molecule has 3 heterocycles. The maximum absolute atomic E-state index is 14.4. The number of aryl methyl sites for hydroxylation is 1. The second kappa shape index (κ2) is 10.1. The fourth-order valence-corrected chi connectivity index (χ4v) is 8.64. The van der Waals surface area contributed by atoms with Gasteiger partial charge in [-0.05, 0) is 54.4 Å². The predicted molar refractivity (Wildman–Crippen MR) is 136 cm³/mol. The van der Waals surface area contributed by atoms with Gasteiger partial charge in [0.15, 0.2) is 5.69 Å². The smallest absolute Gasteiger partial charge is 0.345 e. The van der Waals surface area contributed by atoms with Crippen LogP contribution in [-0.4, -0.2) is 43.5 Å². The normalized spacial score (nSPS) is 29.1. The van der Waals surface area contributed by atoms with E-state index < -0.39 is 0 Å². The largest absolute Gasteiger partial charge is 0.425 e. The van der Waals surface area contributed by atoms with E-state index >= 15 is 0 Å². The van der Waals surface area contributed by atoms with E-state index in [0.717, 1.165) is 58.2 Å². The van der Waals surface area contributed by atoms with Crippen LogP contribution in [0.3, 0.4) is 0 Å². The Balaban J connectivity index is 1.44. The second-order valence-electron chi connectivity index (χ2n) is 10.8. The van der Waals surface area contributed by atoms with Gasteiger partial charge in [-0.2, -0.15) is 4.98 Å². The number of carbonyl (C=O) groups is 1. The Morgan fingerprint density at radius 2 is 2.09 bits per heavy atom. The number of rotatable bonds is 6. The van der Waals surface area contributed by atoms with Crippen LogP contribution in [0.4, 0.5) is 5.13 Å². The van der Waals surface area contributed by atoms with Crippen LogP contribution in [0.2, 0.25) is 0 Å². The lowest BCUT2D eigenvalue weighted by molar-refractivity contribution is -0.640. The molecule has 5 rings (SSSR count). The van der Waals surface area contributed by atoms with Crippen LogP contribution in [0.15, 0.2) is 30.3 Å². The van der Waals surface area contributed by atoms with Crippen molar-refractivity contribution in [1.29, 1.82) is 0 Å². The minimum Gasteiger partial charge on any atom is -0.345 e. The number of amides is 1. The summed E-state index contributed by atoms with van der Waals surface area (Å²) in [6, 6.07) is 11.4. The average Bonchev–Trinajstić information content (AvgIpc) is 3.50. The molecule has 2 saturated heterocycles. The highest BCUT2D eigenvalue weighted by atomic mass is 32.1. The Kier molecular flexibility index (Phi) is 7.10. The van der Waals surface area contributed by atoms with Gasteiger partial charge in [0.1, 0.15) is 5.92 Å². The lowest BCUT2D eigenvalue weighted by atomic mass is 9.68. The standard InChI is InChI=1S/C28H40N4OS/c1-4-19(5-2)24-16-21(20-10-7-6-8-11-20)13-15-32(24)26(33)22-17-30-18-28(22)14-9-12-23-25(28)34-27(29-3)31-23/h6-8,10-11,19,21-22,24,30H,4-5,9,12-18H2,1-3H3,(H,29,31)/p+3/t21-,22+,24+,28-/m1/s1. The lowest BCUT2D eigenvalue weighted by Gasteiger charge is -2.45. The van der Waals surface area contributed by atoms with Crippen molar-refractivity contribution < 1.29 is 20.4 Å². The molecule has 0 radical (unpaired) electrons. The van der Waals surface area contributed by atoms with Crippen LogP contribution >= 0.6 is 11.3 Å². The third-order valence-corrected chi connectivity index (χ3v) is 10.6. The molecule has 2 fully saturated rings. The number of likely N-dealkylation sites (tertiary alicyclic amines) is 1. The fraction of sp³-hybridized carbons (Fsp3) is 0.643. The first-order valence-electron chi connectivity index (χ1n) is 13.6. The van der Waals surface area contributed by atoms with E-state index in [1.165, 1.54) is 27.7 Å². The first-order chi connectivity index (χ1) is 16.6. The number of quaternary nitrogens is 2. The van der Waals surface area contributed by atoms with Crippen LogP contribution in [0.1, 0.15) is 74.4 Å². The molecule has 1 spiro atoms. The summed E-state index contributed by atoms with van der Waals surface area (Å²) >= 11 is 1.91. The molecule has 0 saturated carbocycles. The number of piperidine rings is 1. The molecule has 2 aromatic rings. The third-order valence-electron chi connectivity index (χ3n) is 9.19. The molecule has 1 aromatic heterocycles. The number of nitrogens with one attached hydrogen (secondary N) is 1. The Morgan fingerprint density at radius 3 is 2.82 bits per heavy atom. The molecular weight excluding hydrogens is 440 g/mol. The SMILES string of the molecule is CCC(CC)[C@@H]1C[C@H](c2ccccc2)CCN1C(=O)[C@@H]1C[NH2+]C[C@]12CCCc1[nH+]c([NH2+]C)sc12. The number of hydrogen-bond acceptors (Lipinski definition) is 2. The highest BCUT2D eigenvalue weighted by Gasteiger charge is 2.58. The number of fused-ring (bicyclic) bond motifs is 2. The quantitative estimate of drug-likeness (QED) is 0.651. The molecule has 1 aromatic carbocycles. The van der Waals surface area contributed by atoms with Crippen LogP contribution in [0.5, 0.6) is 0 Å². The molecule has 1 amide bonds. The van der Waals surface area contributed by atoms with E-state index in [9.17, 15) is 4.79 Å². The highest BCUT2D eigenvalue weighted by Crippen LogP contribution is 2.47. The number of hydrogen-bond donors (Lipinski definition) is 2. The number of aromatic amines is 1. The van der Waals surface area contributed by atoms with E-state index in [0.29, 0.717) is 23.8 Å². The van der Waals surface area contributed by atoms with Crippen molar-refractivity contribution in [2.24, 2.45) is 11.8 Å². The topological polar surface area (TPSA) is 67.7 Å². The Bertz CT molecular complexity index is 988. The summed E-state index contributed by atoms with van der Waals surface area (Å²) in [5, 5.41) is 5.86. The molecule has 184 valence electrons. The molecule has 3 aliphatic rings. The number of carbonyl (C=O) groups excluding carboxylic acids is 1. The third kappa shape index (κ3) is 4.12. The zero-order valence-corrected chi connectivity index (χ0v) is 22.0. The summed E-state index contributed by atoms with van der Waals surface area (Å²) in [6.45, 7) is 7.53. The Hall–Kier alpha value is -1.76. The van der Waals surface area contributed by atoms with Crippen molar-refractivity contribution in [3.05, 3.63) is 46.5 Å². The van der Waals surface area contributed by atoms with E-state index in [1.54, 1.807) is 0 Å². The Morgan fingerprint density at radius 1 is 1.29 bits per heavy atom. The molecule has 0 bridgehead atoms. The van der Waals surface area contributed by atoms with Crippen molar-refractivity contribution >= 4 is 22.4 Å². The number of aromatic nitrogens is 1. The van der Waals surface area contributed by atoms with Crippen LogP contribution in [0.25, 0.3) is 0 Å². The molecular formula is C28H43N4OS+3. The predicted octanol–water partition coefficient (Wildman–Crippen LogP) is 2.37. The highest BCUT2D eigenvalue weighted by molar-refractivity contribution is 7.14. The molecule has 0 unspecified atom stereocenters. The van der Waals surface area contributed by atoms with Crippen molar-refractivity contribution in [3.8, 4) is 0 Å². The summed E-state index contributed by atoms with van der Waals surface area (Å²) in [5.74, 6) is 1.69. The Labute approximate surface area is 208 Å². The minimum atomic E-state index is 0.0157. The van der Waals surface area contributed by atoms with Crippen molar-refractivity contribution in [3.63, 3.8) is 0 Å². The van der Waals surface area contributed by atoms with Crippen molar-refractivity contribution in [2.45, 2.75) is 76.2 Å². The summed E-state index contributed by atoms with van der Waals surface area (Å²) in [5.41, 5.74) is 2.87. The van der Waals surface area contributed by atoms with Gasteiger partial charge in [-0.15, -0.1) is 0 Å². The van der Waals surface area contributed by atoms with Gasteiger partial charge in [-0.25, -0.2) is 0 Å². The molecule has 6 heteroatoms. The number of nitrogens with zero attached hydrogens (tertiary/aromatic N) is 1. The number of thiazole rings is 1. The first kappa shape index (κ1) is 24.0. The fourth-order valence-electron chi connectivity index (χ4n) is 7.32. The number of benzene rings is 1. The molecule has 5 N–H and O–H groups in total. The summed E-state index contributed by atoms with van der Waals surface area (Å²) in [7, 11) is 2.11. The monoisotopic (exact) mass is 483 g/mol. The molecule has 1 aliphatic carbocycles. The first-order valence-corrected chi connectivity index (χ1v) is 14.4. The van der Waals surface area contributed by atoms with Crippen LogP contribution in [-0.2, 0) is 16.6 Å². The van der Waals surface area contributed by atoms with Gasteiger partial charge in [-0.1, -0.05) is 57.0 Å². The van der Waals surface area contributed by atoms with Gasteiger partial charge in [0.05, 0.1) is 30.4 Å².